The van der Waals surface area contributed by atoms with Gasteiger partial charge in [0.2, 0.25) is 0 Å². The van der Waals surface area contributed by atoms with E-state index in [1.54, 1.807) is 6.92 Å². The summed E-state index contributed by atoms with van der Waals surface area (Å²) in [5.74, 6) is 6.01. The molecule has 2 aromatic heterocycles. The maximum absolute atomic E-state index is 14.8. The van der Waals surface area contributed by atoms with Crippen LogP contribution in [0.1, 0.15) is 25.1 Å². The lowest BCUT2D eigenvalue weighted by molar-refractivity contribution is 0.212. The number of hydrogen-bond acceptors (Lipinski definition) is 6. The molecule has 0 unspecified atom stereocenters. The zero-order valence-corrected chi connectivity index (χ0v) is 18.8. The molecule has 34 heavy (non-hydrogen) atoms. The predicted octanol–water partition coefficient (Wildman–Crippen LogP) is 2.50. The molecule has 0 aliphatic carbocycles. The summed E-state index contributed by atoms with van der Waals surface area (Å²) in [5, 5.41) is 0.702. The number of halogens is 3. The average Bonchev–Trinajstić information content (AvgIpc) is 2.72. The number of pyridine rings is 1. The summed E-state index contributed by atoms with van der Waals surface area (Å²) in [7, 11) is 0. The smallest absolute Gasteiger partial charge is 0.336 e. The van der Waals surface area contributed by atoms with Gasteiger partial charge in [0.25, 0.3) is 5.56 Å². The minimum atomic E-state index is -1.90. The van der Waals surface area contributed by atoms with Crippen LogP contribution in [-0.4, -0.2) is 19.8 Å². The van der Waals surface area contributed by atoms with Crippen molar-refractivity contribution in [2.45, 2.75) is 39.4 Å². The van der Waals surface area contributed by atoms with E-state index in [9.17, 15) is 22.8 Å². The van der Waals surface area contributed by atoms with Gasteiger partial charge in [-0.3, -0.25) is 19.4 Å². The fourth-order valence-electron chi connectivity index (χ4n) is 3.52. The number of aromatic nitrogens is 3. The van der Waals surface area contributed by atoms with Crippen LogP contribution in [-0.2, 0) is 13.0 Å². The first-order valence-electron chi connectivity index (χ1n) is 10.1. The molecule has 3 rings (SSSR count). The van der Waals surface area contributed by atoms with Crippen molar-refractivity contribution in [3.8, 4) is 18.0 Å². The largest absolute Gasteiger partial charge is 0.397 e. The van der Waals surface area contributed by atoms with Gasteiger partial charge in [-0.25, -0.2) is 28.4 Å². The number of rotatable bonds is 6. The van der Waals surface area contributed by atoms with Crippen LogP contribution in [0.15, 0.2) is 40.2 Å². The molecule has 2 heterocycles. The second-order valence-electron chi connectivity index (χ2n) is 8.32. The molecule has 178 valence electrons. The Labute approximate surface area is 193 Å². The molecule has 0 saturated carbocycles. The summed E-state index contributed by atoms with van der Waals surface area (Å²) in [6, 6.07) is 2.93. The number of hydrazine groups is 1. The molecular weight excluding hydrogens is 449 g/mol. The molecule has 8 nitrogen and oxygen atoms in total. The highest BCUT2D eigenvalue weighted by Crippen LogP contribution is 2.31. The van der Waals surface area contributed by atoms with Crippen molar-refractivity contribution in [1.29, 1.82) is 0 Å². The molecule has 0 atom stereocenters. The predicted molar refractivity (Wildman–Crippen MR) is 124 cm³/mol. The van der Waals surface area contributed by atoms with Crippen LogP contribution >= 0.6 is 0 Å². The third-order valence-electron chi connectivity index (χ3n) is 4.95. The highest BCUT2D eigenvalue weighted by Gasteiger charge is 2.29. The zero-order valence-electron chi connectivity index (χ0n) is 18.8. The number of benzene rings is 1. The van der Waals surface area contributed by atoms with Crippen molar-refractivity contribution in [3.05, 3.63) is 74.3 Å². The van der Waals surface area contributed by atoms with Gasteiger partial charge in [0.05, 0.1) is 35.5 Å². The lowest BCUT2D eigenvalue weighted by atomic mass is 10.0. The lowest BCUT2D eigenvalue weighted by Gasteiger charge is -2.27. The normalized spacial score (nSPS) is 11.4. The molecule has 11 heteroatoms. The molecule has 4 N–H and O–H groups in total. The maximum atomic E-state index is 14.8. The number of aryl methyl sites for hydroxylation is 1. The van der Waals surface area contributed by atoms with Gasteiger partial charge in [-0.1, -0.05) is 5.92 Å². The van der Waals surface area contributed by atoms with Crippen LogP contribution in [0.4, 0.5) is 30.2 Å². The third-order valence-corrected chi connectivity index (χ3v) is 4.95. The molecule has 0 bridgehead atoms. The number of terminal acetylenes is 1. The molecule has 0 aliphatic rings. The summed E-state index contributed by atoms with van der Waals surface area (Å²) in [5.41, 5.74) is 1.82. The summed E-state index contributed by atoms with van der Waals surface area (Å²) >= 11 is 0. The molecule has 0 amide bonds. The second kappa shape index (κ2) is 9.07. The Morgan fingerprint density at radius 3 is 2.41 bits per heavy atom. The summed E-state index contributed by atoms with van der Waals surface area (Å²) < 4.78 is 44.3. The van der Waals surface area contributed by atoms with E-state index in [0.717, 1.165) is 9.13 Å². The molecule has 0 radical (unpaired) electrons. The average molecular weight is 472 g/mol. The highest BCUT2D eigenvalue weighted by molar-refractivity contribution is 5.74. The Bertz CT molecular complexity index is 1420. The van der Waals surface area contributed by atoms with Crippen LogP contribution in [0.25, 0.3) is 5.69 Å². The molecular formula is C23H23F3N6O2. The van der Waals surface area contributed by atoms with Gasteiger partial charge in [0, 0.05) is 24.8 Å². The van der Waals surface area contributed by atoms with E-state index in [1.807, 2.05) is 0 Å². The summed E-state index contributed by atoms with van der Waals surface area (Å²) in [4.78, 5) is 31.0. The van der Waals surface area contributed by atoms with Crippen LogP contribution in [0.2, 0.25) is 0 Å². The Morgan fingerprint density at radius 1 is 1.18 bits per heavy atom. The molecule has 0 aliphatic heterocycles. The van der Waals surface area contributed by atoms with E-state index in [2.05, 4.69) is 10.9 Å². The Kier molecular flexibility index (Phi) is 6.56. The number of nitrogens with zero attached hydrogens (tertiary/aromatic N) is 4. The molecule has 1 aromatic carbocycles. The van der Waals surface area contributed by atoms with Gasteiger partial charge in [0.1, 0.15) is 11.4 Å². The van der Waals surface area contributed by atoms with Gasteiger partial charge in [-0.2, -0.15) is 0 Å². The maximum Gasteiger partial charge on any atom is 0.336 e. The Balaban J connectivity index is 2.47. The van der Waals surface area contributed by atoms with Gasteiger partial charge in [-0.05, 0) is 32.4 Å². The highest BCUT2D eigenvalue weighted by atomic mass is 19.2. The Morgan fingerprint density at radius 2 is 1.82 bits per heavy atom. The zero-order chi connectivity index (χ0) is 25.4. The van der Waals surface area contributed by atoms with Gasteiger partial charge < -0.3 is 5.73 Å². The number of hydrogen-bond donors (Lipinski definition) is 2. The standard InChI is InChI=1S/C23H23F3N6O2/c1-5-6-30-19(10-23(3,4)26)20(32(28)18-9-16(25)15(24)8-17(18)27)21(33)31(22(30)34)14-7-13(2)11-29-12-14/h1,7-9,11-12H,6,10,27-28H2,2-4H3. The summed E-state index contributed by atoms with van der Waals surface area (Å²) in [6.07, 6.45) is 7.81. The number of anilines is 3. The van der Waals surface area contributed by atoms with Gasteiger partial charge in [0.15, 0.2) is 11.6 Å². The van der Waals surface area contributed by atoms with Crippen molar-refractivity contribution in [1.82, 2.24) is 14.1 Å². The van der Waals surface area contributed by atoms with Crippen molar-refractivity contribution in [3.63, 3.8) is 0 Å². The molecule has 0 saturated heterocycles. The first-order valence-corrected chi connectivity index (χ1v) is 10.1. The lowest BCUT2D eigenvalue weighted by Crippen LogP contribution is -2.46. The van der Waals surface area contributed by atoms with Gasteiger partial charge in [-0.15, -0.1) is 6.42 Å². The Hall–Kier alpha value is -4.04. The van der Waals surface area contributed by atoms with E-state index in [1.165, 1.54) is 32.3 Å². The summed E-state index contributed by atoms with van der Waals surface area (Å²) in [6.45, 7) is 3.87. The van der Waals surface area contributed by atoms with Crippen LogP contribution in [0.5, 0.6) is 0 Å². The van der Waals surface area contributed by atoms with Crippen molar-refractivity contribution < 1.29 is 13.2 Å². The first-order chi connectivity index (χ1) is 15.9. The fourth-order valence-corrected chi connectivity index (χ4v) is 3.52. The van der Waals surface area contributed by atoms with Crippen molar-refractivity contribution in [2.75, 3.05) is 10.7 Å². The minimum Gasteiger partial charge on any atom is -0.397 e. The van der Waals surface area contributed by atoms with E-state index < -0.39 is 35.0 Å². The quantitative estimate of drug-likeness (QED) is 0.247. The van der Waals surface area contributed by atoms with E-state index in [4.69, 9.17) is 18.0 Å². The van der Waals surface area contributed by atoms with Gasteiger partial charge >= 0.3 is 5.69 Å². The minimum absolute atomic E-state index is 0.111. The van der Waals surface area contributed by atoms with Crippen LogP contribution < -0.4 is 27.8 Å². The molecule has 0 fully saturated rings. The number of nitrogen functional groups attached to an aromatic ring is 1. The van der Waals surface area contributed by atoms with Crippen molar-refractivity contribution in [2.24, 2.45) is 5.84 Å². The van der Waals surface area contributed by atoms with Crippen LogP contribution in [0.3, 0.4) is 0 Å². The number of alkyl halides is 1. The molecule has 3 aromatic rings. The first kappa shape index (κ1) is 24.6. The monoisotopic (exact) mass is 472 g/mol. The van der Waals surface area contributed by atoms with E-state index in [0.29, 0.717) is 22.7 Å². The second-order valence-corrected chi connectivity index (χ2v) is 8.32. The SMILES string of the molecule is C#CCn1c(CC(C)(C)F)c(N(N)c2cc(F)c(F)cc2N)c(=O)n(-c2cncc(C)c2)c1=O. The third kappa shape index (κ3) is 4.67. The topological polar surface area (TPSA) is 112 Å². The fraction of sp³-hybridized carbons (Fsp3) is 0.261. The number of nitrogens with two attached hydrogens (primary N) is 2. The van der Waals surface area contributed by atoms with Crippen LogP contribution in [0, 0.1) is 30.9 Å². The van der Waals surface area contributed by atoms with Crippen molar-refractivity contribution >= 4 is 17.1 Å². The van der Waals surface area contributed by atoms with E-state index >= 15 is 0 Å². The van der Waals surface area contributed by atoms with E-state index in [-0.39, 0.29) is 35.0 Å². The molecule has 0 spiro atoms.